The molecule has 5 nitrogen and oxygen atoms in total. The first-order valence-corrected chi connectivity index (χ1v) is 8.96. The Kier molecular flexibility index (Phi) is 4.95. The molecule has 1 fully saturated rings. The van der Waals surface area contributed by atoms with Crippen LogP contribution in [0.25, 0.3) is 10.9 Å². The zero-order valence-corrected chi connectivity index (χ0v) is 15.4. The number of nitrogens with zero attached hydrogens (tertiary/aromatic N) is 2. The molecule has 1 aliphatic heterocycles. The summed E-state index contributed by atoms with van der Waals surface area (Å²) in [6.45, 7) is 9.53. The molecular weight excluding hydrogens is 314 g/mol. The molecule has 134 valence electrons. The van der Waals surface area contributed by atoms with Crippen LogP contribution in [0.1, 0.15) is 31.4 Å². The highest BCUT2D eigenvalue weighted by Gasteiger charge is 2.28. The minimum Gasteiger partial charge on any atom is -0.383 e. The van der Waals surface area contributed by atoms with Crippen molar-refractivity contribution in [2.45, 2.75) is 46.3 Å². The Morgan fingerprint density at radius 3 is 2.76 bits per heavy atom. The van der Waals surface area contributed by atoms with Crippen LogP contribution in [0.15, 0.2) is 24.4 Å². The van der Waals surface area contributed by atoms with Gasteiger partial charge < -0.3 is 15.3 Å². The summed E-state index contributed by atoms with van der Waals surface area (Å²) in [5.41, 5.74) is 4.60. The summed E-state index contributed by atoms with van der Waals surface area (Å²) in [7, 11) is 0. The van der Waals surface area contributed by atoms with E-state index in [4.69, 9.17) is 0 Å². The van der Waals surface area contributed by atoms with Crippen LogP contribution in [0.5, 0.6) is 0 Å². The highest BCUT2D eigenvalue weighted by atomic mass is 16.3. The van der Waals surface area contributed by atoms with Crippen molar-refractivity contribution in [2.75, 3.05) is 18.0 Å². The van der Waals surface area contributed by atoms with Gasteiger partial charge in [0.1, 0.15) is 6.10 Å². The molecule has 1 amide bonds. The summed E-state index contributed by atoms with van der Waals surface area (Å²) in [4.78, 5) is 19.0. The van der Waals surface area contributed by atoms with Gasteiger partial charge in [-0.15, -0.1) is 0 Å². The standard InChI is InChI=1S/C20H27N3O2/c1-12(2)19(24)20(25)22-15-8-10-23(11-15)16-6-5-14(4)18-17(16)13(3)7-9-21-18/h5-7,9,12,15,19,24H,8,10-11H2,1-4H3,(H,22,25)/t15?,19-/m0/s1. The Labute approximate surface area is 149 Å². The van der Waals surface area contributed by atoms with E-state index < -0.39 is 6.10 Å². The number of carbonyl (C=O) groups is 1. The van der Waals surface area contributed by atoms with Crippen molar-refractivity contribution in [3.63, 3.8) is 0 Å². The van der Waals surface area contributed by atoms with Crippen molar-refractivity contribution in [3.05, 3.63) is 35.5 Å². The van der Waals surface area contributed by atoms with Gasteiger partial charge in [0.15, 0.2) is 0 Å². The molecule has 0 saturated carbocycles. The molecule has 2 N–H and O–H groups in total. The van der Waals surface area contributed by atoms with E-state index in [1.165, 1.54) is 22.2 Å². The lowest BCUT2D eigenvalue weighted by atomic mass is 10.0. The van der Waals surface area contributed by atoms with Gasteiger partial charge >= 0.3 is 0 Å². The van der Waals surface area contributed by atoms with Crippen LogP contribution >= 0.6 is 0 Å². The number of hydrogen-bond acceptors (Lipinski definition) is 4. The largest absolute Gasteiger partial charge is 0.383 e. The van der Waals surface area contributed by atoms with Gasteiger partial charge in [-0.2, -0.15) is 0 Å². The number of pyridine rings is 1. The molecule has 1 aromatic heterocycles. The van der Waals surface area contributed by atoms with Crippen molar-refractivity contribution in [1.82, 2.24) is 10.3 Å². The predicted molar refractivity (Wildman–Crippen MR) is 101 cm³/mol. The van der Waals surface area contributed by atoms with Crippen LogP contribution in [0.3, 0.4) is 0 Å². The fourth-order valence-electron chi connectivity index (χ4n) is 3.50. The highest BCUT2D eigenvalue weighted by Crippen LogP contribution is 2.32. The van der Waals surface area contributed by atoms with Crippen molar-refractivity contribution < 1.29 is 9.90 Å². The fraction of sp³-hybridized carbons (Fsp3) is 0.500. The van der Waals surface area contributed by atoms with Crippen LogP contribution in [0.2, 0.25) is 0 Å². The molecule has 1 unspecified atom stereocenters. The first-order valence-electron chi connectivity index (χ1n) is 8.96. The third kappa shape index (κ3) is 3.47. The van der Waals surface area contributed by atoms with Gasteiger partial charge in [0.2, 0.25) is 5.91 Å². The molecule has 2 aromatic rings. The van der Waals surface area contributed by atoms with E-state index in [0.29, 0.717) is 0 Å². The smallest absolute Gasteiger partial charge is 0.249 e. The Balaban J connectivity index is 1.80. The maximum Gasteiger partial charge on any atom is 0.249 e. The van der Waals surface area contributed by atoms with Crippen molar-refractivity contribution in [1.29, 1.82) is 0 Å². The Morgan fingerprint density at radius 2 is 2.04 bits per heavy atom. The molecule has 0 bridgehead atoms. The molecule has 0 radical (unpaired) electrons. The minimum absolute atomic E-state index is 0.0641. The molecule has 2 atom stereocenters. The van der Waals surface area contributed by atoms with Crippen LogP contribution in [0.4, 0.5) is 5.69 Å². The summed E-state index contributed by atoms with van der Waals surface area (Å²) in [6.07, 6.45) is 1.79. The number of hydrogen-bond donors (Lipinski definition) is 2. The number of nitrogens with one attached hydrogen (secondary N) is 1. The molecule has 1 aliphatic rings. The van der Waals surface area contributed by atoms with Crippen LogP contribution in [-0.2, 0) is 4.79 Å². The van der Waals surface area contributed by atoms with Crippen LogP contribution < -0.4 is 10.2 Å². The maximum absolute atomic E-state index is 12.1. The second kappa shape index (κ2) is 7.00. The van der Waals surface area contributed by atoms with Gasteiger partial charge in [-0.05, 0) is 49.4 Å². The van der Waals surface area contributed by atoms with E-state index in [2.05, 4.69) is 41.2 Å². The van der Waals surface area contributed by atoms with Crippen molar-refractivity contribution >= 4 is 22.5 Å². The van der Waals surface area contributed by atoms with Gasteiger partial charge in [0, 0.05) is 36.4 Å². The van der Waals surface area contributed by atoms with Gasteiger partial charge in [0.25, 0.3) is 0 Å². The minimum atomic E-state index is -0.944. The fourth-order valence-corrected chi connectivity index (χ4v) is 3.50. The SMILES string of the molecule is Cc1ccc(N2CCC(NC(=O)[C@@H](O)C(C)C)C2)c2c(C)ccnc12. The number of fused-ring (bicyclic) bond motifs is 1. The molecule has 25 heavy (non-hydrogen) atoms. The summed E-state index contributed by atoms with van der Waals surface area (Å²) < 4.78 is 0. The number of aryl methyl sites for hydroxylation is 2. The number of rotatable bonds is 4. The normalized spacial score (nSPS) is 18.8. The number of carbonyl (C=O) groups excluding carboxylic acids is 1. The summed E-state index contributed by atoms with van der Waals surface area (Å²) in [5, 5.41) is 14.1. The van der Waals surface area contributed by atoms with Crippen molar-refractivity contribution in [2.24, 2.45) is 5.92 Å². The number of amides is 1. The van der Waals surface area contributed by atoms with E-state index >= 15 is 0 Å². The van der Waals surface area contributed by atoms with E-state index in [0.717, 1.165) is 25.0 Å². The lowest BCUT2D eigenvalue weighted by molar-refractivity contribution is -0.132. The zero-order chi connectivity index (χ0) is 18.1. The van der Waals surface area contributed by atoms with E-state index in [1.54, 1.807) is 0 Å². The van der Waals surface area contributed by atoms with Crippen LogP contribution in [0, 0.1) is 19.8 Å². The molecule has 1 saturated heterocycles. The quantitative estimate of drug-likeness (QED) is 0.897. The van der Waals surface area contributed by atoms with Gasteiger partial charge in [0.05, 0.1) is 5.52 Å². The van der Waals surface area contributed by atoms with Crippen molar-refractivity contribution in [3.8, 4) is 0 Å². The molecule has 3 rings (SSSR count). The number of aromatic nitrogens is 1. The monoisotopic (exact) mass is 341 g/mol. The summed E-state index contributed by atoms with van der Waals surface area (Å²) in [5.74, 6) is -0.347. The lowest BCUT2D eigenvalue weighted by Crippen LogP contribution is -2.44. The van der Waals surface area contributed by atoms with Gasteiger partial charge in [-0.1, -0.05) is 19.9 Å². The predicted octanol–water partition coefficient (Wildman–Crippen LogP) is 2.56. The zero-order valence-electron chi connectivity index (χ0n) is 15.4. The van der Waals surface area contributed by atoms with Gasteiger partial charge in [-0.25, -0.2) is 0 Å². The average molecular weight is 341 g/mol. The number of benzene rings is 1. The Hall–Kier alpha value is -2.14. The Morgan fingerprint density at radius 1 is 1.28 bits per heavy atom. The van der Waals surface area contributed by atoms with E-state index in [-0.39, 0.29) is 17.9 Å². The van der Waals surface area contributed by atoms with Crippen LogP contribution in [-0.4, -0.2) is 41.2 Å². The molecule has 0 aliphatic carbocycles. The average Bonchev–Trinajstić information content (AvgIpc) is 3.03. The summed E-state index contributed by atoms with van der Waals surface area (Å²) in [6, 6.07) is 6.37. The first kappa shape index (κ1) is 17.7. The second-order valence-electron chi connectivity index (χ2n) is 7.38. The second-order valence-corrected chi connectivity index (χ2v) is 7.38. The molecular formula is C20H27N3O2. The third-order valence-electron chi connectivity index (χ3n) is 5.06. The Bertz CT molecular complexity index is 788. The maximum atomic E-state index is 12.1. The molecule has 0 spiro atoms. The molecule has 2 heterocycles. The summed E-state index contributed by atoms with van der Waals surface area (Å²) >= 11 is 0. The number of anilines is 1. The van der Waals surface area contributed by atoms with Gasteiger partial charge in [-0.3, -0.25) is 9.78 Å². The number of aliphatic hydroxyl groups is 1. The van der Waals surface area contributed by atoms with E-state index in [9.17, 15) is 9.90 Å². The van der Waals surface area contributed by atoms with E-state index in [1.807, 2.05) is 26.1 Å². The third-order valence-corrected chi connectivity index (χ3v) is 5.06. The first-order chi connectivity index (χ1) is 11.9. The molecule has 1 aromatic carbocycles. The number of aliphatic hydroxyl groups excluding tert-OH is 1. The highest BCUT2D eigenvalue weighted by molar-refractivity contribution is 5.96. The lowest BCUT2D eigenvalue weighted by Gasteiger charge is -2.23. The molecule has 5 heteroatoms. The topological polar surface area (TPSA) is 65.5 Å².